The predicted octanol–water partition coefficient (Wildman–Crippen LogP) is 2.42. The van der Waals surface area contributed by atoms with Crippen LogP contribution in [-0.4, -0.2) is 92.7 Å². The molecule has 1 aromatic carbocycles. The molecular weight excluding hydrogens is 526 g/mol. The van der Waals surface area contributed by atoms with Gasteiger partial charge >= 0.3 is 6.18 Å². The number of nitrogens with zero attached hydrogens (tertiary/aromatic N) is 4. The van der Waals surface area contributed by atoms with Crippen molar-refractivity contribution in [2.24, 2.45) is 4.99 Å². The minimum Gasteiger partial charge on any atom is -0.497 e. The number of amides is 1. The first-order chi connectivity index (χ1) is 14.1. The van der Waals surface area contributed by atoms with Gasteiger partial charge < -0.3 is 19.9 Å². The summed E-state index contributed by atoms with van der Waals surface area (Å²) in [6, 6.07) is 5.99. The van der Waals surface area contributed by atoms with Gasteiger partial charge in [-0.2, -0.15) is 13.2 Å². The number of alkyl halides is 3. The van der Waals surface area contributed by atoms with Crippen LogP contribution in [0.25, 0.3) is 0 Å². The lowest BCUT2D eigenvalue weighted by Crippen LogP contribution is -2.57. The van der Waals surface area contributed by atoms with Crippen LogP contribution in [0.4, 0.5) is 13.2 Å². The van der Waals surface area contributed by atoms with E-state index in [1.807, 2.05) is 29.2 Å². The molecule has 176 valence electrons. The summed E-state index contributed by atoms with van der Waals surface area (Å²) >= 11 is 0. The van der Waals surface area contributed by atoms with E-state index >= 15 is 0 Å². The van der Waals surface area contributed by atoms with Gasteiger partial charge in [0.2, 0.25) is 5.91 Å². The van der Waals surface area contributed by atoms with Crippen molar-refractivity contribution in [3.63, 3.8) is 0 Å². The first kappa shape index (κ1) is 27.3. The fourth-order valence-electron chi connectivity index (χ4n) is 3.01. The molecule has 1 saturated heterocycles. The number of ether oxygens (including phenoxy) is 1. The number of nitrogens with one attached hydrogen (secondary N) is 1. The molecule has 0 saturated carbocycles. The summed E-state index contributed by atoms with van der Waals surface area (Å²) in [5.41, 5.74) is 0.957. The van der Waals surface area contributed by atoms with Gasteiger partial charge in [0.15, 0.2) is 5.96 Å². The van der Waals surface area contributed by atoms with Crippen molar-refractivity contribution in [2.75, 3.05) is 53.9 Å². The van der Waals surface area contributed by atoms with Crippen molar-refractivity contribution in [1.82, 2.24) is 20.0 Å². The standard InChI is InChI=1S/C20H30F3N5O2.HI/c1-15(20(21,22)23)27-9-11-28(12-10-27)19(25-14-18(29)26(2)3)24-13-16-5-7-17(30-4)8-6-16;/h5-8,15H,9-14H2,1-4H3,(H,24,25);1H. The third-order valence-electron chi connectivity index (χ3n) is 5.10. The van der Waals surface area contributed by atoms with Gasteiger partial charge in [-0.05, 0) is 24.6 Å². The van der Waals surface area contributed by atoms with Crippen molar-refractivity contribution in [3.8, 4) is 5.75 Å². The number of piperazine rings is 1. The molecule has 1 N–H and O–H groups in total. The average Bonchev–Trinajstić information content (AvgIpc) is 2.73. The first-order valence-corrected chi connectivity index (χ1v) is 9.79. The van der Waals surface area contributed by atoms with Crippen molar-refractivity contribution >= 4 is 35.8 Å². The lowest BCUT2D eigenvalue weighted by atomic mass is 10.2. The Morgan fingerprint density at radius 3 is 2.26 bits per heavy atom. The first-order valence-electron chi connectivity index (χ1n) is 9.79. The molecule has 31 heavy (non-hydrogen) atoms. The van der Waals surface area contributed by atoms with Gasteiger partial charge in [-0.1, -0.05) is 12.1 Å². The monoisotopic (exact) mass is 557 g/mol. The van der Waals surface area contributed by atoms with Crippen LogP contribution < -0.4 is 10.1 Å². The summed E-state index contributed by atoms with van der Waals surface area (Å²) in [7, 11) is 4.92. The zero-order valence-corrected chi connectivity index (χ0v) is 20.6. The van der Waals surface area contributed by atoms with Gasteiger partial charge in [0, 0.05) is 40.3 Å². The summed E-state index contributed by atoms with van der Waals surface area (Å²) < 4.78 is 44.1. The minimum atomic E-state index is -4.25. The summed E-state index contributed by atoms with van der Waals surface area (Å²) in [4.78, 5) is 21.4. The predicted molar refractivity (Wildman–Crippen MR) is 125 cm³/mol. The fraction of sp³-hybridized carbons (Fsp3) is 0.600. The van der Waals surface area contributed by atoms with Crippen LogP contribution in [0.1, 0.15) is 12.5 Å². The molecule has 1 unspecified atom stereocenters. The third-order valence-corrected chi connectivity index (χ3v) is 5.10. The highest BCUT2D eigenvalue weighted by Gasteiger charge is 2.41. The van der Waals surface area contributed by atoms with Crippen molar-refractivity contribution in [3.05, 3.63) is 29.8 Å². The summed E-state index contributed by atoms with van der Waals surface area (Å²) in [5, 5.41) is 3.06. The van der Waals surface area contributed by atoms with Crippen LogP contribution in [0, 0.1) is 0 Å². The Morgan fingerprint density at radius 2 is 1.77 bits per heavy atom. The Morgan fingerprint density at radius 1 is 1.19 bits per heavy atom. The fourth-order valence-corrected chi connectivity index (χ4v) is 3.01. The van der Waals surface area contributed by atoms with Gasteiger partial charge in [0.25, 0.3) is 0 Å². The van der Waals surface area contributed by atoms with Crippen LogP contribution in [-0.2, 0) is 11.3 Å². The van der Waals surface area contributed by atoms with Gasteiger partial charge in [-0.15, -0.1) is 24.0 Å². The van der Waals surface area contributed by atoms with Gasteiger partial charge in [-0.3, -0.25) is 9.69 Å². The van der Waals surface area contributed by atoms with Crippen LogP contribution in [0.5, 0.6) is 5.75 Å². The third kappa shape index (κ3) is 8.36. The molecule has 0 bridgehead atoms. The number of aliphatic imine (C=N–C) groups is 1. The molecule has 7 nitrogen and oxygen atoms in total. The van der Waals surface area contributed by atoms with E-state index in [4.69, 9.17) is 4.74 Å². The molecule has 0 aliphatic carbocycles. The number of rotatable bonds is 6. The van der Waals surface area contributed by atoms with E-state index in [1.165, 1.54) is 16.7 Å². The number of methoxy groups -OCH3 is 1. The molecule has 0 radical (unpaired) electrons. The molecule has 1 amide bonds. The van der Waals surface area contributed by atoms with E-state index in [1.54, 1.807) is 21.2 Å². The second-order valence-electron chi connectivity index (χ2n) is 7.37. The number of hydrogen-bond donors (Lipinski definition) is 1. The Bertz CT molecular complexity index is 721. The topological polar surface area (TPSA) is 60.4 Å². The maximum absolute atomic E-state index is 13.0. The Hall–Kier alpha value is -1.76. The van der Waals surface area contributed by atoms with Crippen LogP contribution >= 0.6 is 24.0 Å². The van der Waals surface area contributed by atoms with Crippen molar-refractivity contribution in [1.29, 1.82) is 0 Å². The second-order valence-corrected chi connectivity index (χ2v) is 7.37. The highest BCUT2D eigenvalue weighted by Crippen LogP contribution is 2.25. The maximum Gasteiger partial charge on any atom is 0.403 e. The number of likely N-dealkylation sites (N-methyl/N-ethyl adjacent to an activating group) is 1. The lowest BCUT2D eigenvalue weighted by molar-refractivity contribution is -0.181. The molecule has 2 rings (SSSR count). The lowest BCUT2D eigenvalue weighted by Gasteiger charge is -2.39. The highest BCUT2D eigenvalue weighted by atomic mass is 127. The maximum atomic E-state index is 13.0. The Labute approximate surface area is 198 Å². The smallest absolute Gasteiger partial charge is 0.403 e. The molecule has 1 fully saturated rings. The quantitative estimate of drug-likeness (QED) is 0.331. The number of hydrogen-bond acceptors (Lipinski definition) is 4. The summed E-state index contributed by atoms with van der Waals surface area (Å²) in [6.07, 6.45) is -4.25. The molecule has 0 spiro atoms. The number of carbonyl (C=O) groups excluding carboxylic acids is 1. The Kier molecular flexibility index (Phi) is 10.8. The average molecular weight is 557 g/mol. The second kappa shape index (κ2) is 12.3. The molecule has 1 aliphatic heterocycles. The van der Waals surface area contributed by atoms with Gasteiger partial charge in [0.1, 0.15) is 11.8 Å². The van der Waals surface area contributed by atoms with E-state index in [-0.39, 0.29) is 49.5 Å². The molecule has 11 heteroatoms. The molecule has 1 aliphatic rings. The molecule has 1 atom stereocenters. The van der Waals surface area contributed by atoms with E-state index in [9.17, 15) is 18.0 Å². The number of guanidine groups is 1. The number of carbonyl (C=O) groups is 1. The zero-order valence-electron chi connectivity index (χ0n) is 18.3. The Balaban J connectivity index is 0.00000480. The summed E-state index contributed by atoms with van der Waals surface area (Å²) in [6.45, 7) is 2.95. The van der Waals surface area contributed by atoms with E-state index in [0.717, 1.165) is 11.3 Å². The van der Waals surface area contributed by atoms with Crippen LogP contribution in [0.15, 0.2) is 29.3 Å². The summed E-state index contributed by atoms with van der Waals surface area (Å²) in [5.74, 6) is 1.14. The minimum absolute atomic E-state index is 0. The molecule has 1 aromatic rings. The SMILES string of the molecule is COc1ccc(CN=C(NCC(=O)N(C)C)N2CCN(C(C)C(F)(F)F)CC2)cc1.I. The highest BCUT2D eigenvalue weighted by molar-refractivity contribution is 14.0. The van der Waals surface area contributed by atoms with Crippen molar-refractivity contribution < 1.29 is 22.7 Å². The van der Waals surface area contributed by atoms with E-state index in [2.05, 4.69) is 10.3 Å². The number of benzene rings is 1. The zero-order chi connectivity index (χ0) is 22.3. The van der Waals surface area contributed by atoms with Crippen molar-refractivity contribution in [2.45, 2.75) is 25.7 Å². The molecule has 0 aromatic heterocycles. The van der Waals surface area contributed by atoms with Gasteiger partial charge in [0.05, 0.1) is 20.2 Å². The normalized spacial score (nSPS) is 16.4. The molecule has 1 heterocycles. The van der Waals surface area contributed by atoms with E-state index in [0.29, 0.717) is 25.6 Å². The number of halogens is 4. The van der Waals surface area contributed by atoms with Gasteiger partial charge in [-0.25, -0.2) is 4.99 Å². The van der Waals surface area contributed by atoms with Crippen LogP contribution in [0.3, 0.4) is 0 Å². The largest absolute Gasteiger partial charge is 0.497 e. The van der Waals surface area contributed by atoms with Crippen LogP contribution in [0.2, 0.25) is 0 Å². The molecular formula is C20H31F3IN5O2. The van der Waals surface area contributed by atoms with E-state index < -0.39 is 12.2 Å².